The molecule has 1 saturated heterocycles. The first kappa shape index (κ1) is 19.4. The number of phenols is 1. The average Bonchev–Trinajstić information content (AvgIpc) is 2.61. The largest absolute Gasteiger partial charge is 0.507 e. The molecular formula is C18H21F3N4O2. The van der Waals surface area contributed by atoms with Gasteiger partial charge in [0.25, 0.3) is 0 Å². The van der Waals surface area contributed by atoms with Gasteiger partial charge in [-0.2, -0.15) is 13.2 Å². The maximum Gasteiger partial charge on any atom is 0.416 e. The lowest BCUT2D eigenvalue weighted by molar-refractivity contribution is -0.137. The van der Waals surface area contributed by atoms with Gasteiger partial charge in [-0.1, -0.05) is 0 Å². The normalized spacial score (nSPS) is 18.5. The number of morpholine rings is 1. The minimum atomic E-state index is -4.52. The van der Waals surface area contributed by atoms with Gasteiger partial charge in [0.1, 0.15) is 11.6 Å². The smallest absolute Gasteiger partial charge is 0.416 e. The van der Waals surface area contributed by atoms with Crippen molar-refractivity contribution >= 4 is 5.82 Å². The van der Waals surface area contributed by atoms with E-state index in [0.717, 1.165) is 19.2 Å². The van der Waals surface area contributed by atoms with E-state index in [-0.39, 0.29) is 17.2 Å². The molecule has 9 heteroatoms. The van der Waals surface area contributed by atoms with Gasteiger partial charge in [0.15, 0.2) is 0 Å². The Morgan fingerprint density at radius 3 is 2.67 bits per heavy atom. The Bertz CT molecular complexity index is 773. The Hall–Kier alpha value is -2.39. The van der Waals surface area contributed by atoms with E-state index in [1.165, 1.54) is 6.92 Å². The van der Waals surface area contributed by atoms with Gasteiger partial charge in [-0.05, 0) is 43.8 Å². The first-order valence-electron chi connectivity index (χ1n) is 8.52. The Morgan fingerprint density at radius 1 is 1.30 bits per heavy atom. The third kappa shape index (κ3) is 4.48. The summed E-state index contributed by atoms with van der Waals surface area (Å²) in [6.45, 7) is 4.35. The number of nitrogens with one attached hydrogen (secondary N) is 1. The second-order valence-electron chi connectivity index (χ2n) is 6.58. The summed E-state index contributed by atoms with van der Waals surface area (Å²) in [5, 5.41) is 21.3. The van der Waals surface area contributed by atoms with E-state index in [4.69, 9.17) is 4.74 Å². The van der Waals surface area contributed by atoms with Gasteiger partial charge in [0.2, 0.25) is 0 Å². The third-order valence-corrected chi connectivity index (χ3v) is 4.60. The third-order valence-electron chi connectivity index (χ3n) is 4.60. The van der Waals surface area contributed by atoms with Crippen molar-refractivity contribution < 1.29 is 23.0 Å². The second-order valence-corrected chi connectivity index (χ2v) is 6.58. The van der Waals surface area contributed by atoms with Gasteiger partial charge in [0, 0.05) is 18.7 Å². The number of aromatic nitrogens is 2. The number of aryl methyl sites for hydroxylation is 1. The number of hydrogen-bond donors (Lipinski definition) is 2. The number of halogens is 3. The summed E-state index contributed by atoms with van der Waals surface area (Å²) in [7, 11) is 2.03. The lowest BCUT2D eigenvalue weighted by Crippen LogP contribution is -2.46. The van der Waals surface area contributed by atoms with E-state index in [2.05, 4.69) is 20.4 Å². The van der Waals surface area contributed by atoms with E-state index < -0.39 is 17.5 Å². The van der Waals surface area contributed by atoms with Crippen LogP contribution in [0.2, 0.25) is 0 Å². The summed E-state index contributed by atoms with van der Waals surface area (Å²) in [4.78, 5) is 2.20. The van der Waals surface area contributed by atoms with Crippen molar-refractivity contribution in [2.75, 3.05) is 38.7 Å². The van der Waals surface area contributed by atoms with Crippen LogP contribution in [0.3, 0.4) is 0 Å². The minimum absolute atomic E-state index is 0.224. The van der Waals surface area contributed by atoms with E-state index in [9.17, 15) is 18.3 Å². The number of rotatable bonds is 4. The van der Waals surface area contributed by atoms with E-state index in [1.54, 1.807) is 12.1 Å². The molecular weight excluding hydrogens is 361 g/mol. The van der Waals surface area contributed by atoms with Crippen LogP contribution in [0.5, 0.6) is 5.75 Å². The Balaban J connectivity index is 1.73. The van der Waals surface area contributed by atoms with Gasteiger partial charge in [-0.25, -0.2) is 0 Å². The Kier molecular flexibility index (Phi) is 5.52. The first-order chi connectivity index (χ1) is 12.8. The molecule has 1 aromatic heterocycles. The predicted molar refractivity (Wildman–Crippen MR) is 94.6 cm³/mol. The zero-order valence-electron chi connectivity index (χ0n) is 15.0. The molecule has 0 saturated carbocycles. The lowest BCUT2D eigenvalue weighted by atomic mass is 10.0. The Labute approximate surface area is 155 Å². The predicted octanol–water partition coefficient (Wildman–Crippen LogP) is 2.92. The van der Waals surface area contributed by atoms with Crippen LogP contribution in [-0.2, 0) is 10.9 Å². The van der Waals surface area contributed by atoms with E-state index >= 15 is 0 Å². The molecule has 3 rings (SSSR count). The van der Waals surface area contributed by atoms with Crippen LogP contribution in [-0.4, -0.2) is 59.6 Å². The van der Waals surface area contributed by atoms with Gasteiger partial charge in [-0.15, -0.1) is 10.2 Å². The van der Waals surface area contributed by atoms with Crippen molar-refractivity contribution in [3.63, 3.8) is 0 Å². The van der Waals surface area contributed by atoms with Crippen molar-refractivity contribution in [1.82, 2.24) is 15.1 Å². The summed E-state index contributed by atoms with van der Waals surface area (Å²) in [5.74, 6) is 0.0695. The fraction of sp³-hybridized carbons (Fsp3) is 0.444. The highest BCUT2D eigenvalue weighted by molar-refractivity contribution is 5.71. The maximum absolute atomic E-state index is 12.8. The number of hydrogen-bond acceptors (Lipinski definition) is 6. The number of aromatic hydroxyl groups is 1. The van der Waals surface area contributed by atoms with Crippen molar-refractivity contribution in [1.29, 1.82) is 0 Å². The molecule has 0 radical (unpaired) electrons. The lowest BCUT2D eigenvalue weighted by Gasteiger charge is -2.32. The molecule has 2 N–H and O–H groups in total. The fourth-order valence-electron chi connectivity index (χ4n) is 3.00. The van der Waals surface area contributed by atoms with Crippen LogP contribution in [0.4, 0.5) is 19.0 Å². The number of likely N-dealkylation sites (N-methyl/N-ethyl adjacent to an activating group) is 1. The molecule has 0 spiro atoms. The van der Waals surface area contributed by atoms with Crippen molar-refractivity contribution in [2.24, 2.45) is 0 Å². The molecule has 1 atom stereocenters. The average molecular weight is 382 g/mol. The number of ether oxygens (including phenoxy) is 1. The monoisotopic (exact) mass is 382 g/mol. The van der Waals surface area contributed by atoms with Crippen LogP contribution in [0.1, 0.15) is 11.1 Å². The standard InChI is InChI=1S/C18H21F3N4O2/c1-11-7-12(18(19,20)21)8-15(26)17(11)14-3-4-16(24-23-14)22-9-13-10-27-6-5-25(13)2/h3-4,7-8,13,26H,5-6,9-10H2,1-2H3,(H,22,24)/t13-/m0/s1. The van der Waals surface area contributed by atoms with Crippen LogP contribution < -0.4 is 5.32 Å². The van der Waals surface area contributed by atoms with Gasteiger partial charge < -0.3 is 15.2 Å². The van der Waals surface area contributed by atoms with Crippen LogP contribution in [0.15, 0.2) is 24.3 Å². The molecule has 27 heavy (non-hydrogen) atoms. The molecule has 1 aromatic carbocycles. The SMILES string of the molecule is Cc1cc(C(F)(F)F)cc(O)c1-c1ccc(NC[C@H]2COCCN2C)nn1. The van der Waals surface area contributed by atoms with Gasteiger partial charge in [-0.3, -0.25) is 4.90 Å². The molecule has 2 heterocycles. The molecule has 146 valence electrons. The highest BCUT2D eigenvalue weighted by atomic mass is 19.4. The summed E-state index contributed by atoms with van der Waals surface area (Å²) in [6, 6.07) is 5.21. The summed E-state index contributed by atoms with van der Waals surface area (Å²) < 4.78 is 44.0. The van der Waals surface area contributed by atoms with Gasteiger partial charge in [0.05, 0.1) is 30.5 Å². The van der Waals surface area contributed by atoms with Crippen molar-refractivity contribution in [3.05, 3.63) is 35.4 Å². The van der Waals surface area contributed by atoms with Crippen molar-refractivity contribution in [2.45, 2.75) is 19.1 Å². The number of nitrogens with zero attached hydrogens (tertiary/aromatic N) is 3. The van der Waals surface area contributed by atoms with Crippen LogP contribution in [0, 0.1) is 6.92 Å². The molecule has 1 aliphatic rings. The van der Waals surface area contributed by atoms with E-state index in [0.29, 0.717) is 30.7 Å². The quantitative estimate of drug-likeness (QED) is 0.847. The second kappa shape index (κ2) is 7.69. The van der Waals surface area contributed by atoms with Crippen molar-refractivity contribution in [3.8, 4) is 17.0 Å². The van der Waals surface area contributed by atoms with Gasteiger partial charge >= 0.3 is 6.18 Å². The molecule has 0 unspecified atom stereocenters. The molecule has 6 nitrogen and oxygen atoms in total. The molecule has 0 aliphatic carbocycles. The zero-order valence-corrected chi connectivity index (χ0v) is 15.0. The zero-order chi connectivity index (χ0) is 19.6. The molecule has 0 amide bonds. The number of benzene rings is 1. The first-order valence-corrected chi connectivity index (χ1v) is 8.52. The number of alkyl halides is 3. The Morgan fingerprint density at radius 2 is 2.07 bits per heavy atom. The summed E-state index contributed by atoms with van der Waals surface area (Å²) in [5.41, 5.74) is -0.0745. The number of phenolic OH excluding ortho intramolecular Hbond substituents is 1. The molecule has 1 fully saturated rings. The molecule has 0 bridgehead atoms. The van der Waals surface area contributed by atoms with Crippen LogP contribution >= 0.6 is 0 Å². The minimum Gasteiger partial charge on any atom is -0.507 e. The molecule has 2 aromatic rings. The summed E-state index contributed by atoms with van der Waals surface area (Å²) in [6.07, 6.45) is -4.52. The fourth-order valence-corrected chi connectivity index (χ4v) is 3.00. The van der Waals surface area contributed by atoms with Crippen LogP contribution in [0.25, 0.3) is 11.3 Å². The highest BCUT2D eigenvalue weighted by Crippen LogP contribution is 2.38. The number of anilines is 1. The molecule has 1 aliphatic heterocycles. The maximum atomic E-state index is 12.8. The topological polar surface area (TPSA) is 70.5 Å². The highest BCUT2D eigenvalue weighted by Gasteiger charge is 2.32. The summed E-state index contributed by atoms with van der Waals surface area (Å²) >= 11 is 0. The van der Waals surface area contributed by atoms with E-state index in [1.807, 2.05) is 7.05 Å².